The molecule has 35 heavy (non-hydrogen) atoms. The number of aromatic nitrogens is 4. The van der Waals surface area contributed by atoms with Gasteiger partial charge in [-0.05, 0) is 60.5 Å². The number of furan rings is 1. The van der Waals surface area contributed by atoms with Gasteiger partial charge in [0.2, 0.25) is 0 Å². The van der Waals surface area contributed by atoms with Crippen molar-refractivity contribution in [3.05, 3.63) is 114 Å². The second-order valence-corrected chi connectivity index (χ2v) is 8.85. The summed E-state index contributed by atoms with van der Waals surface area (Å²) < 4.78 is 7.35. The highest BCUT2D eigenvalue weighted by molar-refractivity contribution is 7.98. The van der Waals surface area contributed by atoms with Gasteiger partial charge in [0, 0.05) is 29.3 Å². The first kappa shape index (κ1) is 22.6. The predicted octanol–water partition coefficient (Wildman–Crippen LogP) is 5.45. The Morgan fingerprint density at radius 3 is 2.51 bits per heavy atom. The van der Waals surface area contributed by atoms with Crippen molar-refractivity contribution < 1.29 is 9.21 Å². The Hall–Kier alpha value is -4.17. The number of amides is 1. The van der Waals surface area contributed by atoms with E-state index in [4.69, 9.17) is 4.42 Å². The molecular weight excluding hydrogens is 458 g/mol. The largest absolute Gasteiger partial charge is 0.467 e. The number of para-hydroxylation sites is 1. The van der Waals surface area contributed by atoms with Crippen molar-refractivity contribution in [3.8, 4) is 17.1 Å². The standard InChI is InChI=1S/C27H23N5O2S/c1-19-5-2-3-7-24(19)32-25(21-12-14-28-15-13-21)30-31-27(32)35-18-20-8-10-22(11-9-20)26(33)29-17-23-6-4-16-34-23/h2-16H,17-18H2,1H3,(H,29,33). The molecule has 3 aromatic heterocycles. The summed E-state index contributed by atoms with van der Waals surface area (Å²) in [6.45, 7) is 2.44. The number of hydrogen-bond donors (Lipinski definition) is 1. The Kier molecular flexibility index (Phi) is 6.72. The van der Waals surface area contributed by atoms with Crippen LogP contribution in [0.25, 0.3) is 17.1 Å². The van der Waals surface area contributed by atoms with Crippen molar-refractivity contribution >= 4 is 17.7 Å². The third-order valence-corrected chi connectivity index (χ3v) is 6.52. The molecule has 0 saturated heterocycles. The van der Waals surface area contributed by atoms with Crippen LogP contribution in [0.1, 0.15) is 27.2 Å². The Morgan fingerprint density at radius 2 is 1.77 bits per heavy atom. The molecule has 2 aromatic carbocycles. The molecule has 0 bridgehead atoms. The van der Waals surface area contributed by atoms with E-state index in [-0.39, 0.29) is 5.91 Å². The van der Waals surface area contributed by atoms with E-state index in [1.165, 1.54) is 0 Å². The van der Waals surface area contributed by atoms with E-state index in [1.807, 2.05) is 54.6 Å². The van der Waals surface area contributed by atoms with E-state index in [0.29, 0.717) is 17.9 Å². The summed E-state index contributed by atoms with van der Waals surface area (Å²) in [7, 11) is 0. The van der Waals surface area contributed by atoms with E-state index >= 15 is 0 Å². The topological polar surface area (TPSA) is 85.8 Å². The lowest BCUT2D eigenvalue weighted by molar-refractivity contribution is 0.0948. The van der Waals surface area contributed by atoms with Gasteiger partial charge in [-0.25, -0.2) is 0 Å². The Balaban J connectivity index is 1.33. The number of nitrogens with one attached hydrogen (secondary N) is 1. The van der Waals surface area contributed by atoms with Crippen molar-refractivity contribution in [2.24, 2.45) is 0 Å². The fraction of sp³-hybridized carbons (Fsp3) is 0.111. The predicted molar refractivity (Wildman–Crippen MR) is 135 cm³/mol. The highest BCUT2D eigenvalue weighted by Gasteiger charge is 2.17. The van der Waals surface area contributed by atoms with E-state index in [1.54, 1.807) is 36.5 Å². The number of thioether (sulfide) groups is 1. The first-order chi connectivity index (χ1) is 17.2. The van der Waals surface area contributed by atoms with E-state index in [9.17, 15) is 4.79 Å². The number of benzene rings is 2. The first-order valence-corrected chi connectivity index (χ1v) is 12.1. The minimum Gasteiger partial charge on any atom is -0.467 e. The molecule has 0 unspecified atom stereocenters. The molecule has 0 aliphatic heterocycles. The monoisotopic (exact) mass is 481 g/mol. The van der Waals surface area contributed by atoms with E-state index in [2.05, 4.69) is 44.1 Å². The maximum Gasteiger partial charge on any atom is 0.251 e. The van der Waals surface area contributed by atoms with Gasteiger partial charge in [-0.15, -0.1) is 10.2 Å². The summed E-state index contributed by atoms with van der Waals surface area (Å²) in [6.07, 6.45) is 5.10. The molecule has 0 fully saturated rings. The molecule has 0 saturated carbocycles. The average Bonchev–Trinajstić information content (AvgIpc) is 3.57. The fourth-order valence-electron chi connectivity index (χ4n) is 3.67. The van der Waals surface area contributed by atoms with Crippen molar-refractivity contribution in [1.82, 2.24) is 25.1 Å². The lowest BCUT2D eigenvalue weighted by atomic mass is 10.1. The second kappa shape index (κ2) is 10.4. The summed E-state index contributed by atoms with van der Waals surface area (Å²) >= 11 is 1.60. The molecule has 0 aliphatic rings. The van der Waals surface area contributed by atoms with Crippen LogP contribution in [0.2, 0.25) is 0 Å². The number of aryl methyl sites for hydroxylation is 1. The SMILES string of the molecule is Cc1ccccc1-n1c(SCc2ccc(C(=O)NCc3ccco3)cc2)nnc1-c1ccncc1. The molecule has 1 N–H and O–H groups in total. The van der Waals surface area contributed by atoms with Crippen LogP contribution in [-0.2, 0) is 12.3 Å². The van der Waals surface area contributed by atoms with Gasteiger partial charge in [-0.1, -0.05) is 42.1 Å². The van der Waals surface area contributed by atoms with Crippen LogP contribution in [0.5, 0.6) is 0 Å². The van der Waals surface area contributed by atoms with Gasteiger partial charge >= 0.3 is 0 Å². The van der Waals surface area contributed by atoms with Gasteiger partial charge in [0.05, 0.1) is 18.5 Å². The number of pyridine rings is 1. The van der Waals surface area contributed by atoms with Crippen LogP contribution in [0, 0.1) is 6.92 Å². The molecule has 7 nitrogen and oxygen atoms in total. The molecule has 1 amide bonds. The van der Waals surface area contributed by atoms with Crippen LogP contribution in [0.4, 0.5) is 0 Å². The Bertz CT molecular complexity index is 1410. The number of rotatable bonds is 8. The number of carbonyl (C=O) groups is 1. The molecule has 0 atom stereocenters. The average molecular weight is 482 g/mol. The molecule has 5 rings (SSSR count). The zero-order valence-electron chi connectivity index (χ0n) is 19.1. The molecule has 0 aliphatic carbocycles. The highest BCUT2D eigenvalue weighted by atomic mass is 32.2. The maximum atomic E-state index is 12.4. The van der Waals surface area contributed by atoms with Crippen LogP contribution in [0.3, 0.4) is 0 Å². The third-order valence-electron chi connectivity index (χ3n) is 5.52. The van der Waals surface area contributed by atoms with Gasteiger partial charge < -0.3 is 9.73 Å². The summed E-state index contributed by atoms with van der Waals surface area (Å²) in [5.41, 5.74) is 4.81. The van der Waals surface area contributed by atoms with Crippen molar-refractivity contribution in [1.29, 1.82) is 0 Å². The van der Waals surface area contributed by atoms with Gasteiger partial charge in [0.15, 0.2) is 11.0 Å². The molecule has 174 valence electrons. The van der Waals surface area contributed by atoms with Crippen molar-refractivity contribution in [2.75, 3.05) is 0 Å². The smallest absolute Gasteiger partial charge is 0.251 e. The molecule has 3 heterocycles. The summed E-state index contributed by atoms with van der Waals surface area (Å²) in [5.74, 6) is 2.04. The lowest BCUT2D eigenvalue weighted by Crippen LogP contribution is -2.22. The minimum atomic E-state index is -0.137. The molecule has 0 radical (unpaired) electrons. The Morgan fingerprint density at radius 1 is 0.971 bits per heavy atom. The van der Waals surface area contributed by atoms with Crippen LogP contribution >= 0.6 is 11.8 Å². The summed E-state index contributed by atoms with van der Waals surface area (Å²) in [4.78, 5) is 16.5. The number of carbonyl (C=O) groups excluding carboxylic acids is 1. The quantitative estimate of drug-likeness (QED) is 0.297. The fourth-order valence-corrected chi connectivity index (χ4v) is 4.57. The van der Waals surface area contributed by atoms with Crippen molar-refractivity contribution in [2.45, 2.75) is 24.4 Å². The van der Waals surface area contributed by atoms with Crippen molar-refractivity contribution in [3.63, 3.8) is 0 Å². The van der Waals surface area contributed by atoms with E-state index in [0.717, 1.165) is 39.1 Å². The van der Waals surface area contributed by atoms with Gasteiger partial charge in [-0.3, -0.25) is 14.3 Å². The first-order valence-electron chi connectivity index (χ1n) is 11.1. The van der Waals surface area contributed by atoms with Crippen LogP contribution < -0.4 is 5.32 Å². The van der Waals surface area contributed by atoms with E-state index < -0.39 is 0 Å². The normalized spacial score (nSPS) is 10.9. The zero-order chi connectivity index (χ0) is 24.0. The second-order valence-electron chi connectivity index (χ2n) is 7.91. The van der Waals surface area contributed by atoms with Gasteiger partial charge in [0.1, 0.15) is 5.76 Å². The third kappa shape index (κ3) is 5.17. The van der Waals surface area contributed by atoms with Crippen LogP contribution in [0.15, 0.2) is 101 Å². The van der Waals surface area contributed by atoms with Gasteiger partial charge in [-0.2, -0.15) is 0 Å². The minimum absolute atomic E-state index is 0.137. The Labute approximate surface area is 207 Å². The molecule has 0 spiro atoms. The lowest BCUT2D eigenvalue weighted by Gasteiger charge is -2.13. The van der Waals surface area contributed by atoms with Gasteiger partial charge in [0.25, 0.3) is 5.91 Å². The molecule has 5 aromatic rings. The summed E-state index contributed by atoms with van der Waals surface area (Å²) in [6, 6.07) is 23.3. The maximum absolute atomic E-state index is 12.4. The molecule has 8 heteroatoms. The number of hydrogen-bond acceptors (Lipinski definition) is 6. The van der Waals surface area contributed by atoms with Crippen LogP contribution in [-0.4, -0.2) is 25.7 Å². The zero-order valence-corrected chi connectivity index (χ0v) is 19.9. The molecular formula is C27H23N5O2S. The summed E-state index contributed by atoms with van der Waals surface area (Å²) in [5, 5.41) is 12.7. The highest BCUT2D eigenvalue weighted by Crippen LogP contribution is 2.30. The number of nitrogens with zero attached hydrogens (tertiary/aromatic N) is 4.